The lowest BCUT2D eigenvalue weighted by molar-refractivity contribution is -0.118. The van der Waals surface area contributed by atoms with Crippen molar-refractivity contribution in [3.63, 3.8) is 0 Å². The molecule has 1 aromatic carbocycles. The number of para-hydroxylation sites is 1. The molecule has 0 amide bonds. The van der Waals surface area contributed by atoms with Crippen molar-refractivity contribution in [2.24, 2.45) is 0 Å². The highest BCUT2D eigenvalue weighted by molar-refractivity contribution is 6.21. The number of halogens is 1. The number of fused-ring (bicyclic) bond motifs is 1. The number of Topliss-reactive ketones (excluding diaryl/α,β-unsaturated/α-hetero) is 1. The average Bonchev–Trinajstić information content (AvgIpc) is 3.47. The number of rotatable bonds is 10. The molecule has 6 nitrogen and oxygen atoms in total. The number of hydrogen-bond acceptors (Lipinski definition) is 5. The molecule has 0 radical (unpaired) electrons. The van der Waals surface area contributed by atoms with E-state index in [1.165, 1.54) is 31.4 Å². The highest BCUT2D eigenvalue weighted by Crippen LogP contribution is 2.40. The molecule has 1 aliphatic heterocycles. The summed E-state index contributed by atoms with van der Waals surface area (Å²) in [5.41, 5.74) is 3.41. The summed E-state index contributed by atoms with van der Waals surface area (Å²) in [6.07, 6.45) is 14.6. The lowest BCUT2D eigenvalue weighted by Crippen LogP contribution is -2.06. The van der Waals surface area contributed by atoms with Crippen LogP contribution in [0.5, 0.6) is 11.5 Å². The number of unbranched alkanes of at least 4 members (excludes halogenated alkanes) is 3. The Hall–Kier alpha value is -2.80. The Morgan fingerprint density at radius 3 is 2.07 bits per heavy atom. The number of aliphatic hydroxyl groups excluding tert-OH is 1. The minimum atomic E-state index is -0.0591. The molecule has 44 heavy (non-hydrogen) atoms. The number of methoxy groups -OCH3 is 2. The van der Waals surface area contributed by atoms with Gasteiger partial charge in [0, 0.05) is 54.9 Å². The molecule has 3 rings (SSSR count). The topological polar surface area (TPSA) is 69.9 Å². The van der Waals surface area contributed by atoms with E-state index in [9.17, 15) is 4.79 Å². The molecule has 0 spiro atoms. The smallest absolute Gasteiger partial charge is 0.166 e. The molecule has 2 heterocycles. The molecule has 0 aliphatic carbocycles. The number of ether oxygens (including phenoxy) is 3. The second kappa shape index (κ2) is 31.6. The van der Waals surface area contributed by atoms with Gasteiger partial charge in [0.1, 0.15) is 5.78 Å². The van der Waals surface area contributed by atoms with Crippen LogP contribution in [0.4, 0.5) is 0 Å². The van der Waals surface area contributed by atoms with Crippen molar-refractivity contribution in [3.05, 3.63) is 79.7 Å². The van der Waals surface area contributed by atoms with E-state index >= 15 is 0 Å². The monoisotopic (exact) mass is 635 g/mol. The zero-order valence-corrected chi connectivity index (χ0v) is 29.9. The van der Waals surface area contributed by atoms with Gasteiger partial charge in [0.05, 0.1) is 26.9 Å². The third kappa shape index (κ3) is 19.5. The maximum Gasteiger partial charge on any atom is 0.166 e. The van der Waals surface area contributed by atoms with E-state index in [0.29, 0.717) is 18.8 Å². The SMILES string of the molecule is C/C=C1\CC(c2cccc(OC)c2OC)OCc2cccn21.C=C.C=CC(C)Cl.CCCC(=O)CC.CCCCCC.CO. The summed E-state index contributed by atoms with van der Waals surface area (Å²) in [5.74, 6) is 1.86. The fraction of sp³-hybridized carbons (Fsp3) is 0.541. The molecule has 0 fully saturated rings. The summed E-state index contributed by atoms with van der Waals surface area (Å²) in [6.45, 7) is 22.3. The maximum atomic E-state index is 10.4. The van der Waals surface area contributed by atoms with Gasteiger partial charge in [-0.15, -0.1) is 31.3 Å². The molecular weight excluding hydrogens is 574 g/mol. The largest absolute Gasteiger partial charge is 0.493 e. The Kier molecular flexibility index (Phi) is 32.8. The van der Waals surface area contributed by atoms with Gasteiger partial charge in [-0.05, 0) is 38.5 Å². The summed E-state index contributed by atoms with van der Waals surface area (Å²) in [5, 5.41) is 7.12. The maximum absolute atomic E-state index is 10.4. The predicted molar refractivity (Wildman–Crippen MR) is 191 cm³/mol. The highest BCUT2D eigenvalue weighted by atomic mass is 35.5. The van der Waals surface area contributed by atoms with Crippen LogP contribution in [0.3, 0.4) is 0 Å². The Morgan fingerprint density at radius 2 is 1.66 bits per heavy atom. The predicted octanol–water partition coefficient (Wildman–Crippen LogP) is 10.6. The van der Waals surface area contributed by atoms with Crippen LogP contribution in [0.2, 0.25) is 0 Å². The van der Waals surface area contributed by atoms with Gasteiger partial charge >= 0.3 is 0 Å². The van der Waals surface area contributed by atoms with Gasteiger partial charge < -0.3 is 23.9 Å². The van der Waals surface area contributed by atoms with E-state index in [0.717, 1.165) is 49.1 Å². The van der Waals surface area contributed by atoms with E-state index < -0.39 is 0 Å². The van der Waals surface area contributed by atoms with Gasteiger partial charge in [-0.25, -0.2) is 0 Å². The molecular formula is C37H62ClNO5. The summed E-state index contributed by atoms with van der Waals surface area (Å²) in [6, 6.07) is 10.1. The minimum Gasteiger partial charge on any atom is -0.493 e. The molecule has 0 bridgehead atoms. The second-order valence-electron chi connectivity index (χ2n) is 9.50. The van der Waals surface area contributed by atoms with E-state index in [1.807, 2.05) is 39.0 Å². The number of carbonyl (C=O) groups is 1. The number of carbonyl (C=O) groups excluding carboxylic acids is 1. The lowest BCUT2D eigenvalue weighted by Gasteiger charge is -2.20. The van der Waals surface area contributed by atoms with Crippen molar-refractivity contribution in [2.45, 2.75) is 111 Å². The standard InChI is InChI=1S/C18H21NO3.C6H12O.C6H14.C4H7Cl.C2H4.CH4O/c1-4-13-11-17(22-12-14-7-6-10-19(13)14)15-8-5-9-16(20-2)18(15)21-3;1-3-5-6(7)4-2;1-3-5-6-4-2;1-3-4(2)5;2*1-2/h4-10,17H,11-12H2,1-3H3;3-5H2,1-2H3;3-6H2,1-2H3;3-4H,1H2,2H3;1-2H2;2H,1H3/b13-4+;;;;;. The van der Waals surface area contributed by atoms with E-state index in [-0.39, 0.29) is 11.5 Å². The first-order valence-corrected chi connectivity index (χ1v) is 16.1. The number of allylic oxidation sites excluding steroid dienone is 2. The number of benzene rings is 1. The van der Waals surface area contributed by atoms with Gasteiger partial charge in [0.25, 0.3) is 0 Å². The number of ketones is 1. The fourth-order valence-corrected chi connectivity index (χ4v) is 3.93. The minimum absolute atomic E-state index is 0.0591. The van der Waals surface area contributed by atoms with Gasteiger partial charge in [-0.3, -0.25) is 4.79 Å². The Morgan fingerprint density at radius 1 is 1.07 bits per heavy atom. The Bertz CT molecular complexity index is 996. The molecule has 0 saturated heterocycles. The van der Waals surface area contributed by atoms with E-state index in [1.54, 1.807) is 20.3 Å². The van der Waals surface area contributed by atoms with Gasteiger partial charge in [-0.1, -0.05) is 77.7 Å². The normalized spacial score (nSPS) is 14.2. The first-order valence-electron chi connectivity index (χ1n) is 15.6. The number of aromatic nitrogens is 1. The Labute approximate surface area is 274 Å². The Balaban J connectivity index is -0.000000629. The number of nitrogens with zero attached hydrogens (tertiary/aromatic N) is 1. The molecule has 2 unspecified atom stereocenters. The summed E-state index contributed by atoms with van der Waals surface area (Å²) < 4.78 is 19.3. The molecule has 2 atom stereocenters. The van der Waals surface area contributed by atoms with Crippen LogP contribution in [-0.4, -0.2) is 42.2 Å². The van der Waals surface area contributed by atoms with Crippen LogP contribution in [0, 0.1) is 0 Å². The third-order valence-corrected chi connectivity index (χ3v) is 6.47. The third-order valence-electron chi connectivity index (χ3n) is 6.29. The first kappa shape index (κ1) is 45.6. The van der Waals surface area contributed by atoms with Crippen molar-refractivity contribution in [1.82, 2.24) is 4.57 Å². The fourth-order valence-electron chi connectivity index (χ4n) is 3.93. The molecule has 2 aromatic rings. The molecule has 7 heteroatoms. The van der Waals surface area contributed by atoms with Crippen molar-refractivity contribution in [2.75, 3.05) is 21.3 Å². The van der Waals surface area contributed by atoms with Crippen molar-refractivity contribution >= 4 is 23.1 Å². The van der Waals surface area contributed by atoms with Crippen molar-refractivity contribution in [3.8, 4) is 11.5 Å². The summed E-state index contributed by atoms with van der Waals surface area (Å²) in [4.78, 5) is 10.4. The van der Waals surface area contributed by atoms with Gasteiger partial charge in [-0.2, -0.15) is 0 Å². The number of aliphatic hydroxyl groups is 1. The first-order chi connectivity index (χ1) is 21.3. The average molecular weight is 636 g/mol. The molecule has 252 valence electrons. The van der Waals surface area contributed by atoms with Crippen LogP contribution < -0.4 is 9.47 Å². The van der Waals surface area contributed by atoms with Crippen LogP contribution in [0.25, 0.3) is 5.70 Å². The van der Waals surface area contributed by atoms with Crippen molar-refractivity contribution in [1.29, 1.82) is 0 Å². The van der Waals surface area contributed by atoms with Gasteiger partial charge in [0.15, 0.2) is 11.5 Å². The van der Waals surface area contributed by atoms with Crippen LogP contribution in [0.15, 0.2) is 68.4 Å². The molecule has 1 N–H and O–H groups in total. The van der Waals surface area contributed by atoms with E-state index in [2.05, 4.69) is 69.5 Å². The highest BCUT2D eigenvalue weighted by Gasteiger charge is 2.25. The second-order valence-corrected chi connectivity index (χ2v) is 10.2. The van der Waals surface area contributed by atoms with Crippen LogP contribution in [-0.2, 0) is 16.1 Å². The van der Waals surface area contributed by atoms with Crippen LogP contribution in [0.1, 0.15) is 110 Å². The number of alkyl halides is 1. The molecule has 1 aliphatic rings. The molecule has 1 aromatic heterocycles. The van der Waals surface area contributed by atoms with E-state index in [4.69, 9.17) is 30.9 Å². The zero-order chi connectivity index (χ0) is 34.3. The number of hydrogen-bond donors (Lipinski definition) is 1. The van der Waals surface area contributed by atoms with Crippen LogP contribution >= 0.6 is 11.6 Å². The summed E-state index contributed by atoms with van der Waals surface area (Å²) in [7, 11) is 4.32. The van der Waals surface area contributed by atoms with Crippen molar-refractivity contribution < 1.29 is 24.1 Å². The lowest BCUT2D eigenvalue weighted by atomic mass is 10.0. The zero-order valence-electron chi connectivity index (χ0n) is 29.2. The van der Waals surface area contributed by atoms with Gasteiger partial charge in [0.2, 0.25) is 0 Å². The summed E-state index contributed by atoms with van der Waals surface area (Å²) >= 11 is 5.34. The quantitative estimate of drug-likeness (QED) is 0.160. The molecule has 0 saturated carbocycles.